The first-order valence-electron chi connectivity index (χ1n) is 6.90. The zero-order valence-corrected chi connectivity index (χ0v) is 12.6. The normalized spacial score (nSPS) is 11.4. The van der Waals surface area contributed by atoms with Gasteiger partial charge in [0.25, 0.3) is 5.56 Å². The summed E-state index contributed by atoms with van der Waals surface area (Å²) in [5.41, 5.74) is 3.19. The maximum atomic E-state index is 12.6. The Bertz CT molecular complexity index is 1060. The summed E-state index contributed by atoms with van der Waals surface area (Å²) in [4.78, 5) is 17.0. The van der Waals surface area contributed by atoms with Crippen molar-refractivity contribution >= 4 is 33.4 Å². The molecule has 0 saturated heterocycles. The zero-order valence-electron chi connectivity index (χ0n) is 11.8. The number of rotatable bonds is 1. The standard InChI is InChI=1S/C17H12ClN3O/c1-10-7-12-15(8-14(10)18)19-9-13-16(12)20-21(17(13)22)11-5-3-2-4-6-11/h2-9,20H,1H3. The predicted molar refractivity (Wildman–Crippen MR) is 88.9 cm³/mol. The van der Waals surface area contributed by atoms with Crippen LogP contribution in [-0.4, -0.2) is 14.8 Å². The zero-order chi connectivity index (χ0) is 15.3. The smallest absolute Gasteiger partial charge is 0.280 e. The maximum Gasteiger partial charge on any atom is 0.280 e. The molecule has 108 valence electrons. The Balaban J connectivity index is 2.12. The van der Waals surface area contributed by atoms with Crippen LogP contribution >= 0.6 is 11.6 Å². The van der Waals surface area contributed by atoms with E-state index in [1.807, 2.05) is 49.4 Å². The van der Waals surface area contributed by atoms with Crippen LogP contribution in [0.5, 0.6) is 0 Å². The van der Waals surface area contributed by atoms with Gasteiger partial charge in [0.2, 0.25) is 0 Å². The van der Waals surface area contributed by atoms with Gasteiger partial charge in [0.15, 0.2) is 0 Å². The Labute approximate surface area is 131 Å². The molecule has 0 radical (unpaired) electrons. The summed E-state index contributed by atoms with van der Waals surface area (Å²) in [6.45, 7) is 1.94. The van der Waals surface area contributed by atoms with Crippen molar-refractivity contribution < 1.29 is 0 Å². The number of hydrogen-bond acceptors (Lipinski definition) is 2. The molecule has 0 atom stereocenters. The minimum Gasteiger partial charge on any atom is -0.290 e. The summed E-state index contributed by atoms with van der Waals surface area (Å²) in [5.74, 6) is 0. The van der Waals surface area contributed by atoms with E-state index in [9.17, 15) is 4.79 Å². The number of hydrogen-bond donors (Lipinski definition) is 1. The summed E-state index contributed by atoms with van der Waals surface area (Å²) in [7, 11) is 0. The monoisotopic (exact) mass is 309 g/mol. The minimum atomic E-state index is -0.108. The van der Waals surface area contributed by atoms with E-state index in [1.165, 1.54) is 4.68 Å². The van der Waals surface area contributed by atoms with Crippen molar-refractivity contribution in [1.29, 1.82) is 0 Å². The third-order valence-electron chi connectivity index (χ3n) is 3.82. The molecule has 2 heterocycles. The van der Waals surface area contributed by atoms with Crippen LogP contribution in [0.25, 0.3) is 27.5 Å². The molecule has 0 fully saturated rings. The van der Waals surface area contributed by atoms with E-state index < -0.39 is 0 Å². The van der Waals surface area contributed by atoms with Crippen molar-refractivity contribution in [3.05, 3.63) is 69.6 Å². The lowest BCUT2D eigenvalue weighted by molar-refractivity contribution is 0.864. The molecule has 0 aliphatic rings. The summed E-state index contributed by atoms with van der Waals surface area (Å²) in [6, 6.07) is 13.3. The second-order valence-corrected chi connectivity index (χ2v) is 5.66. The molecule has 5 heteroatoms. The highest BCUT2D eigenvalue weighted by Gasteiger charge is 2.12. The molecule has 2 aromatic heterocycles. The average Bonchev–Trinajstić information content (AvgIpc) is 2.87. The van der Waals surface area contributed by atoms with Gasteiger partial charge in [0.1, 0.15) is 0 Å². The molecule has 0 spiro atoms. The van der Waals surface area contributed by atoms with E-state index in [4.69, 9.17) is 11.6 Å². The van der Waals surface area contributed by atoms with Crippen LogP contribution in [-0.2, 0) is 0 Å². The average molecular weight is 310 g/mol. The molecule has 22 heavy (non-hydrogen) atoms. The highest BCUT2D eigenvalue weighted by Crippen LogP contribution is 2.26. The molecular formula is C17H12ClN3O. The van der Waals surface area contributed by atoms with E-state index in [-0.39, 0.29) is 5.56 Å². The predicted octanol–water partition coefficient (Wildman–Crippen LogP) is 3.83. The summed E-state index contributed by atoms with van der Waals surface area (Å²) in [6.07, 6.45) is 1.60. The van der Waals surface area contributed by atoms with Crippen molar-refractivity contribution in [3.63, 3.8) is 0 Å². The molecular weight excluding hydrogens is 298 g/mol. The first-order valence-corrected chi connectivity index (χ1v) is 7.28. The van der Waals surface area contributed by atoms with E-state index >= 15 is 0 Å². The number of halogens is 1. The molecule has 0 unspecified atom stereocenters. The number of nitrogens with one attached hydrogen (secondary N) is 1. The Kier molecular flexibility index (Phi) is 2.81. The number of aryl methyl sites for hydroxylation is 1. The summed E-state index contributed by atoms with van der Waals surface area (Å²) >= 11 is 6.15. The Morgan fingerprint density at radius 3 is 2.68 bits per heavy atom. The Morgan fingerprint density at radius 2 is 1.91 bits per heavy atom. The van der Waals surface area contributed by atoms with Gasteiger partial charge in [-0.15, -0.1) is 0 Å². The van der Waals surface area contributed by atoms with E-state index in [0.717, 1.165) is 27.7 Å². The van der Waals surface area contributed by atoms with Gasteiger partial charge in [0, 0.05) is 16.6 Å². The fourth-order valence-corrected chi connectivity index (χ4v) is 2.80. The van der Waals surface area contributed by atoms with Gasteiger partial charge in [-0.05, 0) is 36.8 Å². The van der Waals surface area contributed by atoms with Gasteiger partial charge >= 0.3 is 0 Å². The molecule has 0 bridgehead atoms. The van der Waals surface area contributed by atoms with Gasteiger partial charge in [0.05, 0.1) is 22.1 Å². The first kappa shape index (κ1) is 13.1. The highest BCUT2D eigenvalue weighted by molar-refractivity contribution is 6.32. The summed E-state index contributed by atoms with van der Waals surface area (Å²) in [5, 5.41) is 5.32. The van der Waals surface area contributed by atoms with Crippen LogP contribution in [0.3, 0.4) is 0 Å². The Hall–Kier alpha value is -2.59. The van der Waals surface area contributed by atoms with Gasteiger partial charge in [-0.1, -0.05) is 29.8 Å². The van der Waals surface area contributed by atoms with E-state index in [0.29, 0.717) is 10.4 Å². The molecule has 0 aliphatic heterocycles. The van der Waals surface area contributed by atoms with Crippen LogP contribution in [0.1, 0.15) is 5.56 Å². The number of aromatic nitrogens is 3. The minimum absolute atomic E-state index is 0.108. The number of benzene rings is 2. The van der Waals surface area contributed by atoms with Crippen LogP contribution < -0.4 is 5.56 Å². The Morgan fingerprint density at radius 1 is 1.14 bits per heavy atom. The quantitative estimate of drug-likeness (QED) is 0.581. The largest absolute Gasteiger partial charge is 0.290 e. The number of para-hydroxylation sites is 1. The molecule has 1 N–H and O–H groups in total. The lowest BCUT2D eigenvalue weighted by Crippen LogP contribution is -2.13. The molecule has 0 aliphatic carbocycles. The molecule has 0 amide bonds. The fraction of sp³-hybridized carbons (Fsp3) is 0.0588. The molecule has 4 rings (SSSR count). The number of H-pyrrole nitrogens is 1. The van der Waals surface area contributed by atoms with Crippen molar-refractivity contribution in [2.24, 2.45) is 0 Å². The van der Waals surface area contributed by atoms with Crippen LogP contribution in [0.4, 0.5) is 0 Å². The van der Waals surface area contributed by atoms with Crippen LogP contribution in [0, 0.1) is 6.92 Å². The SMILES string of the molecule is Cc1cc2c(cc1Cl)ncc1c(=O)n(-c3ccccc3)[nH]c12. The number of pyridine rings is 1. The number of aromatic amines is 1. The fourth-order valence-electron chi connectivity index (χ4n) is 2.65. The van der Waals surface area contributed by atoms with Crippen molar-refractivity contribution in [2.75, 3.05) is 0 Å². The van der Waals surface area contributed by atoms with Gasteiger partial charge in [-0.3, -0.25) is 14.9 Å². The van der Waals surface area contributed by atoms with Gasteiger partial charge in [-0.25, -0.2) is 4.68 Å². The summed E-state index contributed by atoms with van der Waals surface area (Å²) < 4.78 is 1.54. The van der Waals surface area contributed by atoms with Crippen molar-refractivity contribution in [2.45, 2.75) is 6.92 Å². The molecule has 4 nitrogen and oxygen atoms in total. The van der Waals surface area contributed by atoms with Gasteiger partial charge in [-0.2, -0.15) is 0 Å². The third-order valence-corrected chi connectivity index (χ3v) is 4.23. The molecule has 2 aromatic carbocycles. The number of nitrogens with zero attached hydrogens (tertiary/aromatic N) is 2. The van der Waals surface area contributed by atoms with Crippen LogP contribution in [0.15, 0.2) is 53.5 Å². The third kappa shape index (κ3) is 1.84. The van der Waals surface area contributed by atoms with Crippen molar-refractivity contribution in [1.82, 2.24) is 14.8 Å². The topological polar surface area (TPSA) is 50.7 Å². The lowest BCUT2D eigenvalue weighted by Gasteiger charge is -2.02. The second kappa shape index (κ2) is 4.71. The maximum absolute atomic E-state index is 12.6. The number of fused-ring (bicyclic) bond motifs is 3. The first-order chi connectivity index (χ1) is 10.6. The highest BCUT2D eigenvalue weighted by atomic mass is 35.5. The van der Waals surface area contributed by atoms with Crippen molar-refractivity contribution in [3.8, 4) is 5.69 Å². The van der Waals surface area contributed by atoms with E-state index in [1.54, 1.807) is 6.20 Å². The molecule has 0 saturated carbocycles. The van der Waals surface area contributed by atoms with Gasteiger partial charge < -0.3 is 0 Å². The van der Waals surface area contributed by atoms with Crippen LogP contribution in [0.2, 0.25) is 5.02 Å². The molecule has 4 aromatic rings. The van der Waals surface area contributed by atoms with E-state index in [2.05, 4.69) is 10.1 Å². The second-order valence-electron chi connectivity index (χ2n) is 5.25. The lowest BCUT2D eigenvalue weighted by atomic mass is 10.1.